The SMILES string of the molecule is COCCNCc1cccc(Cl)c1OCc1cnn(C)c1. The van der Waals surface area contributed by atoms with Gasteiger partial charge in [-0.2, -0.15) is 5.10 Å². The van der Waals surface area contributed by atoms with Crippen LogP contribution in [0.3, 0.4) is 0 Å². The Morgan fingerprint density at radius 3 is 2.95 bits per heavy atom. The molecule has 0 radical (unpaired) electrons. The van der Waals surface area contributed by atoms with Gasteiger partial charge in [0.25, 0.3) is 0 Å². The zero-order valence-electron chi connectivity index (χ0n) is 12.3. The smallest absolute Gasteiger partial charge is 0.142 e. The Labute approximate surface area is 129 Å². The summed E-state index contributed by atoms with van der Waals surface area (Å²) in [7, 11) is 3.56. The Kier molecular flexibility index (Phi) is 6.04. The van der Waals surface area contributed by atoms with Crippen molar-refractivity contribution in [2.24, 2.45) is 7.05 Å². The second kappa shape index (κ2) is 8.02. The summed E-state index contributed by atoms with van der Waals surface area (Å²) in [5, 5.41) is 8.03. The number of methoxy groups -OCH3 is 1. The summed E-state index contributed by atoms with van der Waals surface area (Å²) in [4.78, 5) is 0. The molecule has 0 aliphatic heterocycles. The first-order valence-corrected chi connectivity index (χ1v) is 7.16. The quantitative estimate of drug-likeness (QED) is 0.761. The van der Waals surface area contributed by atoms with E-state index in [2.05, 4.69) is 10.4 Å². The zero-order valence-corrected chi connectivity index (χ0v) is 13.1. The molecule has 5 nitrogen and oxygen atoms in total. The molecule has 0 aliphatic carbocycles. The van der Waals surface area contributed by atoms with E-state index in [-0.39, 0.29) is 0 Å². The van der Waals surface area contributed by atoms with Crippen LogP contribution in [0, 0.1) is 0 Å². The molecule has 0 atom stereocenters. The minimum atomic E-state index is 0.447. The van der Waals surface area contributed by atoms with Crippen LogP contribution in [0.15, 0.2) is 30.6 Å². The van der Waals surface area contributed by atoms with E-state index in [1.54, 1.807) is 18.0 Å². The van der Waals surface area contributed by atoms with E-state index in [9.17, 15) is 0 Å². The molecule has 2 aromatic rings. The molecule has 1 aromatic heterocycles. The van der Waals surface area contributed by atoms with Crippen LogP contribution in [0.2, 0.25) is 5.02 Å². The van der Waals surface area contributed by atoms with Crippen molar-refractivity contribution < 1.29 is 9.47 Å². The molecule has 0 unspecified atom stereocenters. The first kappa shape index (κ1) is 15.8. The Morgan fingerprint density at radius 1 is 1.38 bits per heavy atom. The van der Waals surface area contributed by atoms with Crippen molar-refractivity contribution in [3.05, 3.63) is 46.7 Å². The van der Waals surface area contributed by atoms with Crippen LogP contribution in [0.25, 0.3) is 0 Å². The second-order valence-electron chi connectivity index (χ2n) is 4.71. The van der Waals surface area contributed by atoms with Crippen LogP contribution in [0.1, 0.15) is 11.1 Å². The molecule has 0 saturated carbocycles. The topological polar surface area (TPSA) is 48.3 Å². The highest BCUT2D eigenvalue weighted by molar-refractivity contribution is 6.32. The fourth-order valence-electron chi connectivity index (χ4n) is 1.95. The average molecular weight is 310 g/mol. The lowest BCUT2D eigenvalue weighted by atomic mass is 10.2. The van der Waals surface area contributed by atoms with E-state index in [0.29, 0.717) is 30.5 Å². The first-order chi connectivity index (χ1) is 10.2. The highest BCUT2D eigenvalue weighted by Crippen LogP contribution is 2.29. The number of halogens is 1. The number of ether oxygens (including phenoxy) is 2. The Hall–Kier alpha value is -1.56. The lowest BCUT2D eigenvalue weighted by molar-refractivity contribution is 0.199. The Balaban J connectivity index is 1.99. The summed E-state index contributed by atoms with van der Waals surface area (Å²) in [5.74, 6) is 0.716. The van der Waals surface area contributed by atoms with Gasteiger partial charge in [-0.1, -0.05) is 23.7 Å². The predicted octanol–water partition coefficient (Wildman–Crippen LogP) is 2.39. The lowest BCUT2D eigenvalue weighted by Gasteiger charge is -2.13. The van der Waals surface area contributed by atoms with Gasteiger partial charge >= 0.3 is 0 Å². The van der Waals surface area contributed by atoms with Crippen molar-refractivity contribution in [1.82, 2.24) is 15.1 Å². The molecular formula is C15H20ClN3O2. The standard InChI is InChI=1S/C15H20ClN3O2/c1-19-10-12(8-18-19)11-21-15-13(4-3-5-14(15)16)9-17-6-7-20-2/h3-5,8,10,17H,6-7,9,11H2,1-2H3. The molecule has 0 spiro atoms. The Morgan fingerprint density at radius 2 is 2.24 bits per heavy atom. The summed E-state index contributed by atoms with van der Waals surface area (Å²) < 4.78 is 12.6. The molecule has 0 amide bonds. The fraction of sp³-hybridized carbons (Fsp3) is 0.400. The third-order valence-electron chi connectivity index (χ3n) is 2.99. The number of nitrogens with zero attached hydrogens (tertiary/aromatic N) is 2. The summed E-state index contributed by atoms with van der Waals surface area (Å²) in [5.41, 5.74) is 2.04. The van der Waals surface area contributed by atoms with Gasteiger partial charge in [0.05, 0.1) is 17.8 Å². The maximum absolute atomic E-state index is 6.24. The van der Waals surface area contributed by atoms with Crippen molar-refractivity contribution in [2.75, 3.05) is 20.3 Å². The van der Waals surface area contributed by atoms with Crippen molar-refractivity contribution in [2.45, 2.75) is 13.2 Å². The van der Waals surface area contributed by atoms with Crippen LogP contribution in [0.4, 0.5) is 0 Å². The van der Waals surface area contributed by atoms with Gasteiger partial charge in [-0.25, -0.2) is 0 Å². The number of rotatable bonds is 8. The van der Waals surface area contributed by atoms with Crippen molar-refractivity contribution in [3.8, 4) is 5.75 Å². The summed E-state index contributed by atoms with van der Waals surface area (Å²) in [6, 6.07) is 5.76. The number of nitrogens with one attached hydrogen (secondary N) is 1. The van der Waals surface area contributed by atoms with Crippen LogP contribution in [-0.4, -0.2) is 30.0 Å². The van der Waals surface area contributed by atoms with Crippen molar-refractivity contribution in [1.29, 1.82) is 0 Å². The van der Waals surface area contributed by atoms with E-state index in [1.807, 2.05) is 31.4 Å². The molecular weight excluding hydrogens is 290 g/mol. The summed E-state index contributed by atoms with van der Waals surface area (Å²) in [6.07, 6.45) is 3.71. The van der Waals surface area contributed by atoms with Gasteiger partial charge < -0.3 is 14.8 Å². The predicted molar refractivity (Wildman–Crippen MR) is 82.6 cm³/mol. The first-order valence-electron chi connectivity index (χ1n) is 6.78. The molecule has 1 N–H and O–H groups in total. The molecule has 0 bridgehead atoms. The van der Waals surface area contributed by atoms with Crippen LogP contribution in [0.5, 0.6) is 5.75 Å². The number of para-hydroxylation sites is 1. The van der Waals surface area contributed by atoms with Crippen LogP contribution in [-0.2, 0) is 24.9 Å². The van der Waals surface area contributed by atoms with E-state index < -0.39 is 0 Å². The van der Waals surface area contributed by atoms with Gasteiger partial charge in [0.1, 0.15) is 12.4 Å². The number of benzene rings is 1. The molecule has 6 heteroatoms. The van der Waals surface area contributed by atoms with Gasteiger partial charge in [-0.3, -0.25) is 4.68 Å². The number of hydrogen-bond donors (Lipinski definition) is 1. The van der Waals surface area contributed by atoms with Crippen molar-refractivity contribution in [3.63, 3.8) is 0 Å². The molecule has 114 valence electrons. The Bertz CT molecular complexity index is 572. The molecule has 0 aliphatic rings. The normalized spacial score (nSPS) is 10.8. The molecule has 0 fully saturated rings. The number of aromatic nitrogens is 2. The molecule has 21 heavy (non-hydrogen) atoms. The number of hydrogen-bond acceptors (Lipinski definition) is 4. The molecule has 1 heterocycles. The zero-order chi connectivity index (χ0) is 15.1. The monoisotopic (exact) mass is 309 g/mol. The highest BCUT2D eigenvalue weighted by Gasteiger charge is 2.09. The van der Waals surface area contributed by atoms with Gasteiger partial charge in [-0.15, -0.1) is 0 Å². The third kappa shape index (κ3) is 4.74. The molecule has 0 saturated heterocycles. The van der Waals surface area contributed by atoms with E-state index in [0.717, 1.165) is 17.7 Å². The van der Waals surface area contributed by atoms with Crippen LogP contribution >= 0.6 is 11.6 Å². The van der Waals surface area contributed by atoms with E-state index in [4.69, 9.17) is 21.1 Å². The van der Waals surface area contributed by atoms with E-state index >= 15 is 0 Å². The average Bonchev–Trinajstić information content (AvgIpc) is 2.88. The largest absolute Gasteiger partial charge is 0.487 e. The van der Waals surface area contributed by atoms with Crippen molar-refractivity contribution >= 4 is 11.6 Å². The van der Waals surface area contributed by atoms with Gasteiger partial charge in [0.2, 0.25) is 0 Å². The third-order valence-corrected chi connectivity index (χ3v) is 3.29. The fourth-order valence-corrected chi connectivity index (χ4v) is 2.20. The van der Waals surface area contributed by atoms with Gasteiger partial charge in [0, 0.05) is 44.6 Å². The van der Waals surface area contributed by atoms with E-state index in [1.165, 1.54) is 0 Å². The maximum Gasteiger partial charge on any atom is 0.142 e. The second-order valence-corrected chi connectivity index (χ2v) is 5.12. The van der Waals surface area contributed by atoms with Gasteiger partial charge in [-0.05, 0) is 6.07 Å². The number of aryl methyl sites for hydroxylation is 1. The van der Waals surface area contributed by atoms with Gasteiger partial charge in [0.15, 0.2) is 0 Å². The summed E-state index contributed by atoms with van der Waals surface area (Å²) >= 11 is 6.24. The lowest BCUT2D eigenvalue weighted by Crippen LogP contribution is -2.19. The minimum absolute atomic E-state index is 0.447. The minimum Gasteiger partial charge on any atom is -0.487 e. The molecule has 2 rings (SSSR count). The highest BCUT2D eigenvalue weighted by atomic mass is 35.5. The molecule has 1 aromatic carbocycles. The van der Waals surface area contributed by atoms with Crippen LogP contribution < -0.4 is 10.1 Å². The summed E-state index contributed by atoms with van der Waals surface area (Å²) in [6.45, 7) is 2.59. The maximum atomic E-state index is 6.24.